The fourth-order valence-electron chi connectivity index (χ4n) is 2.83. The third kappa shape index (κ3) is 6.24. The van der Waals surface area contributed by atoms with Crippen molar-refractivity contribution in [2.75, 3.05) is 19.4 Å². The van der Waals surface area contributed by atoms with Crippen molar-refractivity contribution in [2.45, 2.75) is 65.3 Å². The molecule has 31 heavy (non-hydrogen) atoms. The van der Waals surface area contributed by atoms with Crippen molar-refractivity contribution in [3.05, 3.63) is 34.8 Å². The molecule has 0 unspecified atom stereocenters. The van der Waals surface area contributed by atoms with Gasteiger partial charge in [0.25, 0.3) is 0 Å². The van der Waals surface area contributed by atoms with Crippen LogP contribution in [0.3, 0.4) is 0 Å². The molecule has 1 fully saturated rings. The van der Waals surface area contributed by atoms with E-state index in [4.69, 9.17) is 24.5 Å². The van der Waals surface area contributed by atoms with Gasteiger partial charge >= 0.3 is 19.2 Å². The number of ether oxygens (including phenoxy) is 2. The molecule has 1 aromatic carbocycles. The molecule has 0 bridgehead atoms. The average molecular weight is 432 g/mol. The fourth-order valence-corrected chi connectivity index (χ4v) is 2.83. The largest absolute Gasteiger partial charge is 0.492 e. The first kappa shape index (κ1) is 24.8. The molecule has 1 saturated heterocycles. The highest BCUT2D eigenvalue weighted by Gasteiger charge is 2.52. The minimum atomic E-state index is -0.721. The molecule has 3 N–H and O–H groups in total. The number of alkyl carbamates (subject to hydrolysis) is 1. The molecule has 1 aliphatic rings. The van der Waals surface area contributed by atoms with Gasteiger partial charge in [-0.3, -0.25) is 0 Å². The second kappa shape index (κ2) is 8.92. The lowest BCUT2D eigenvalue weighted by Gasteiger charge is -2.32. The van der Waals surface area contributed by atoms with Crippen LogP contribution in [0.5, 0.6) is 0 Å². The Morgan fingerprint density at radius 1 is 1.16 bits per heavy atom. The topological polar surface area (TPSA) is 109 Å². The Morgan fingerprint density at radius 2 is 1.74 bits per heavy atom. The summed E-state index contributed by atoms with van der Waals surface area (Å²) >= 11 is 0. The first-order chi connectivity index (χ1) is 14.1. The molecule has 0 aromatic heterocycles. The van der Waals surface area contributed by atoms with Gasteiger partial charge in [0.15, 0.2) is 0 Å². The van der Waals surface area contributed by atoms with Gasteiger partial charge in [0, 0.05) is 12.2 Å². The second-order valence-corrected chi connectivity index (χ2v) is 9.50. The zero-order valence-corrected chi connectivity index (χ0v) is 19.6. The molecule has 1 amide bonds. The van der Waals surface area contributed by atoms with Crippen LogP contribution in [0.2, 0.25) is 0 Å². The Kier molecular flexibility index (Phi) is 7.12. The number of nitrogens with two attached hydrogens (primary N) is 1. The van der Waals surface area contributed by atoms with Crippen molar-refractivity contribution in [3.63, 3.8) is 0 Å². The second-order valence-electron chi connectivity index (χ2n) is 9.50. The summed E-state index contributed by atoms with van der Waals surface area (Å²) in [6.07, 6.45) is 1.19. The van der Waals surface area contributed by atoms with E-state index < -0.39 is 36.0 Å². The lowest BCUT2D eigenvalue weighted by atomic mass is 9.76. The molecule has 0 radical (unpaired) electrons. The Morgan fingerprint density at radius 3 is 2.26 bits per heavy atom. The number of benzene rings is 1. The van der Waals surface area contributed by atoms with Crippen LogP contribution in [0, 0.1) is 0 Å². The van der Waals surface area contributed by atoms with E-state index in [9.17, 15) is 9.59 Å². The van der Waals surface area contributed by atoms with Gasteiger partial charge in [0.05, 0.1) is 23.9 Å². The van der Waals surface area contributed by atoms with E-state index in [-0.39, 0.29) is 6.54 Å². The van der Waals surface area contributed by atoms with Crippen molar-refractivity contribution in [2.24, 2.45) is 0 Å². The quantitative estimate of drug-likeness (QED) is 0.416. The molecular weight excluding hydrogens is 399 g/mol. The van der Waals surface area contributed by atoms with Gasteiger partial charge in [-0.2, -0.15) is 0 Å². The van der Waals surface area contributed by atoms with Crippen LogP contribution in [-0.4, -0.2) is 49.6 Å². The lowest BCUT2D eigenvalue weighted by molar-refractivity contribution is 0.00578. The summed E-state index contributed by atoms with van der Waals surface area (Å²) in [5.74, 6) is -0.473. The molecule has 0 saturated carbocycles. The Hall–Kier alpha value is -2.52. The SMILES string of the molecule is COC(=O)c1ccc(N)c(C=C(CNC(=O)OC(C)(C)C)B2OC(C)(C)C(C)(C)O2)c1. The number of methoxy groups -OCH3 is 1. The third-order valence-corrected chi connectivity index (χ3v) is 5.24. The van der Waals surface area contributed by atoms with Crippen LogP contribution in [-0.2, 0) is 18.8 Å². The number of rotatable bonds is 5. The average Bonchev–Trinajstić information content (AvgIpc) is 2.85. The summed E-state index contributed by atoms with van der Waals surface area (Å²) in [6.45, 7) is 13.2. The predicted molar refractivity (Wildman–Crippen MR) is 120 cm³/mol. The molecule has 0 spiro atoms. The van der Waals surface area contributed by atoms with Crippen molar-refractivity contribution in [3.8, 4) is 0 Å². The van der Waals surface area contributed by atoms with Gasteiger partial charge in [0.2, 0.25) is 0 Å². The van der Waals surface area contributed by atoms with Crippen molar-refractivity contribution < 1.29 is 28.4 Å². The number of nitrogens with one attached hydrogen (secondary N) is 1. The molecule has 2 rings (SSSR count). The summed E-state index contributed by atoms with van der Waals surface area (Å²) in [4.78, 5) is 24.1. The number of hydrogen-bond acceptors (Lipinski definition) is 7. The number of carbonyl (C=O) groups is 2. The zero-order valence-electron chi connectivity index (χ0n) is 19.6. The molecular formula is C22H33BN2O6. The summed E-state index contributed by atoms with van der Waals surface area (Å²) in [6, 6.07) is 4.84. The number of amides is 1. The molecule has 0 atom stereocenters. The first-order valence-corrected chi connectivity index (χ1v) is 10.2. The van der Waals surface area contributed by atoms with Gasteiger partial charge in [0.1, 0.15) is 5.60 Å². The molecule has 1 aliphatic heterocycles. The zero-order chi connectivity index (χ0) is 23.6. The minimum Gasteiger partial charge on any atom is -0.465 e. The highest BCUT2D eigenvalue weighted by molar-refractivity contribution is 6.56. The van der Waals surface area contributed by atoms with E-state index in [1.165, 1.54) is 7.11 Å². The maximum atomic E-state index is 12.2. The maximum absolute atomic E-state index is 12.2. The van der Waals surface area contributed by atoms with Gasteiger partial charge < -0.3 is 29.8 Å². The summed E-state index contributed by atoms with van der Waals surface area (Å²) in [7, 11) is 0.593. The van der Waals surface area contributed by atoms with Gasteiger partial charge in [-0.25, -0.2) is 9.59 Å². The summed E-state index contributed by atoms with van der Waals surface area (Å²) < 4.78 is 22.4. The Balaban J connectivity index is 2.38. The smallest absolute Gasteiger partial charge is 0.465 e. The molecule has 9 heteroatoms. The normalized spacial score (nSPS) is 17.9. The van der Waals surface area contributed by atoms with Gasteiger partial charge in [-0.05, 0) is 77.7 Å². The molecule has 0 aliphatic carbocycles. The summed E-state index contributed by atoms with van der Waals surface area (Å²) in [5, 5.41) is 2.74. The molecule has 170 valence electrons. The fraction of sp³-hybridized carbons (Fsp3) is 0.545. The van der Waals surface area contributed by atoms with E-state index in [0.717, 1.165) is 0 Å². The Bertz CT molecular complexity index is 857. The van der Waals surface area contributed by atoms with E-state index in [2.05, 4.69) is 5.32 Å². The molecule has 1 heterocycles. The molecule has 8 nitrogen and oxygen atoms in total. The van der Waals surface area contributed by atoms with Gasteiger partial charge in [-0.1, -0.05) is 6.08 Å². The van der Waals surface area contributed by atoms with Gasteiger partial charge in [-0.15, -0.1) is 0 Å². The van der Waals surface area contributed by atoms with Crippen LogP contribution in [0.4, 0.5) is 10.5 Å². The van der Waals surface area contributed by atoms with Crippen LogP contribution >= 0.6 is 0 Å². The highest BCUT2D eigenvalue weighted by Crippen LogP contribution is 2.39. The standard InChI is InChI=1S/C22H33BN2O6/c1-20(2,3)29-19(27)25-13-16(23-30-21(4,5)22(6,7)31-23)12-15-11-14(18(26)28-8)9-10-17(15)24/h9-12H,13,24H2,1-8H3,(H,25,27). The monoisotopic (exact) mass is 432 g/mol. The van der Waals surface area contributed by atoms with E-state index in [1.807, 2.05) is 27.7 Å². The summed E-state index contributed by atoms with van der Waals surface area (Å²) in [5.41, 5.74) is 6.39. The van der Waals surface area contributed by atoms with Crippen molar-refractivity contribution in [1.82, 2.24) is 5.32 Å². The van der Waals surface area contributed by atoms with Crippen LogP contribution in [0.15, 0.2) is 23.7 Å². The van der Waals surface area contributed by atoms with E-state index >= 15 is 0 Å². The third-order valence-electron chi connectivity index (χ3n) is 5.24. The number of nitrogen functional groups attached to an aromatic ring is 1. The predicted octanol–water partition coefficient (Wildman–Crippen LogP) is 3.59. The van der Waals surface area contributed by atoms with Crippen molar-refractivity contribution >= 4 is 30.9 Å². The number of anilines is 1. The molecule has 1 aromatic rings. The Labute approximate surface area is 184 Å². The van der Waals surface area contributed by atoms with E-state index in [1.54, 1.807) is 45.0 Å². The maximum Gasteiger partial charge on any atom is 0.492 e. The first-order valence-electron chi connectivity index (χ1n) is 10.2. The van der Waals surface area contributed by atoms with Crippen LogP contribution in [0.1, 0.15) is 64.4 Å². The van der Waals surface area contributed by atoms with E-state index in [0.29, 0.717) is 22.3 Å². The van der Waals surface area contributed by atoms with Crippen LogP contribution < -0.4 is 11.1 Å². The number of esters is 1. The lowest BCUT2D eigenvalue weighted by Crippen LogP contribution is -2.41. The van der Waals surface area contributed by atoms with Crippen LogP contribution in [0.25, 0.3) is 6.08 Å². The number of hydrogen-bond donors (Lipinski definition) is 2. The number of carbonyl (C=O) groups excluding carboxylic acids is 2. The highest BCUT2D eigenvalue weighted by atomic mass is 16.7. The van der Waals surface area contributed by atoms with Crippen molar-refractivity contribution in [1.29, 1.82) is 0 Å². The minimum absolute atomic E-state index is 0.105.